The van der Waals surface area contributed by atoms with Gasteiger partial charge in [0.2, 0.25) is 0 Å². The highest BCUT2D eigenvalue weighted by atomic mass is 16.7. The van der Waals surface area contributed by atoms with E-state index >= 15 is 0 Å². The highest BCUT2D eigenvalue weighted by molar-refractivity contribution is 5.89. The summed E-state index contributed by atoms with van der Waals surface area (Å²) in [5.41, 5.74) is 0.438. The van der Waals surface area contributed by atoms with Crippen LogP contribution in [0.25, 0.3) is 0 Å². The molecule has 2 atom stereocenters. The number of hydrogen-bond acceptors (Lipinski definition) is 6. The minimum atomic E-state index is -0.419. The summed E-state index contributed by atoms with van der Waals surface area (Å²) in [5.74, 6) is -0.119. The van der Waals surface area contributed by atoms with Crippen LogP contribution in [-0.4, -0.2) is 38.0 Å². The average Bonchev–Trinajstić information content (AvgIpc) is 2.61. The number of carbonyl (C=O) groups excluding carboxylic acids is 2. The summed E-state index contributed by atoms with van der Waals surface area (Å²) in [6.07, 6.45) is 0.874. The predicted molar refractivity (Wildman–Crippen MR) is 93.5 cm³/mol. The van der Waals surface area contributed by atoms with Crippen LogP contribution in [0.4, 0.5) is 0 Å². The lowest BCUT2D eigenvalue weighted by molar-refractivity contribution is -0.148. The van der Waals surface area contributed by atoms with Crippen molar-refractivity contribution >= 4 is 11.9 Å². The topological polar surface area (TPSA) is 71.1 Å². The quantitative estimate of drug-likeness (QED) is 0.344. The maximum atomic E-state index is 11.9. The van der Waals surface area contributed by atoms with Gasteiger partial charge in [0.25, 0.3) is 0 Å². The number of esters is 2. The zero-order valence-electron chi connectivity index (χ0n) is 15.4. The average molecular weight is 352 g/mol. The van der Waals surface area contributed by atoms with Crippen molar-refractivity contribution in [2.45, 2.75) is 46.8 Å². The van der Waals surface area contributed by atoms with Gasteiger partial charge >= 0.3 is 11.9 Å². The second-order valence-corrected chi connectivity index (χ2v) is 5.63. The van der Waals surface area contributed by atoms with Crippen molar-refractivity contribution in [1.82, 2.24) is 0 Å². The van der Waals surface area contributed by atoms with E-state index in [4.69, 9.17) is 18.9 Å². The smallest absolute Gasteiger partial charge is 0.338 e. The van der Waals surface area contributed by atoms with E-state index in [2.05, 4.69) is 0 Å². The molecule has 2 unspecified atom stereocenters. The van der Waals surface area contributed by atoms with Crippen molar-refractivity contribution in [3.05, 3.63) is 29.8 Å². The van der Waals surface area contributed by atoms with Crippen LogP contribution in [0.3, 0.4) is 0 Å². The van der Waals surface area contributed by atoms with Gasteiger partial charge < -0.3 is 18.9 Å². The normalized spacial score (nSPS) is 13.0. The van der Waals surface area contributed by atoms with Crippen LogP contribution < -0.4 is 4.74 Å². The van der Waals surface area contributed by atoms with Gasteiger partial charge in [0.15, 0.2) is 6.29 Å². The number of rotatable bonds is 11. The number of ether oxygens (including phenoxy) is 4. The molecule has 25 heavy (non-hydrogen) atoms. The van der Waals surface area contributed by atoms with Crippen LogP contribution >= 0.6 is 0 Å². The van der Waals surface area contributed by atoms with E-state index in [0.717, 1.165) is 6.42 Å². The lowest BCUT2D eigenvalue weighted by Gasteiger charge is -2.14. The molecule has 140 valence electrons. The number of benzene rings is 1. The third kappa shape index (κ3) is 8.03. The van der Waals surface area contributed by atoms with Crippen molar-refractivity contribution < 1.29 is 28.5 Å². The predicted octanol–water partition coefficient (Wildman–Crippen LogP) is 3.58. The Morgan fingerprint density at radius 2 is 1.64 bits per heavy atom. The van der Waals surface area contributed by atoms with Crippen molar-refractivity contribution in [2.24, 2.45) is 5.92 Å². The molecule has 1 aromatic carbocycles. The van der Waals surface area contributed by atoms with E-state index in [9.17, 15) is 9.59 Å². The van der Waals surface area contributed by atoms with E-state index in [1.54, 1.807) is 31.2 Å². The third-order valence-corrected chi connectivity index (χ3v) is 3.57. The van der Waals surface area contributed by atoms with Gasteiger partial charge in [0, 0.05) is 13.0 Å². The second kappa shape index (κ2) is 11.5. The lowest BCUT2D eigenvalue weighted by Crippen LogP contribution is -2.16. The molecule has 0 aliphatic rings. The lowest BCUT2D eigenvalue weighted by atomic mass is 10.1. The van der Waals surface area contributed by atoms with Gasteiger partial charge in [-0.3, -0.25) is 4.79 Å². The molecule has 0 amide bonds. The van der Waals surface area contributed by atoms with Crippen LogP contribution in [0.15, 0.2) is 24.3 Å². The summed E-state index contributed by atoms with van der Waals surface area (Å²) in [5, 5.41) is 0. The Bertz CT molecular complexity index is 525. The summed E-state index contributed by atoms with van der Waals surface area (Å²) in [6.45, 7) is 8.47. The zero-order chi connectivity index (χ0) is 18.7. The molecule has 0 N–H and O–H groups in total. The Labute approximate surface area is 149 Å². The molecule has 0 saturated heterocycles. The molecule has 0 spiro atoms. The Balaban J connectivity index is 2.30. The van der Waals surface area contributed by atoms with Gasteiger partial charge in [-0.15, -0.1) is 0 Å². The summed E-state index contributed by atoms with van der Waals surface area (Å²) >= 11 is 0. The standard InChI is InChI=1S/C19H28O6/c1-5-14(3)18(20)23-12-7-13-24-19(21)16-8-10-17(11-9-16)25-15(4)22-6-2/h8-11,14-15H,5-7,12-13H2,1-4H3. The molecule has 0 aliphatic heterocycles. The molecular weight excluding hydrogens is 324 g/mol. The first-order chi connectivity index (χ1) is 12.0. The minimum Gasteiger partial charge on any atom is -0.465 e. The highest BCUT2D eigenvalue weighted by Gasteiger charge is 2.12. The van der Waals surface area contributed by atoms with E-state index in [1.165, 1.54) is 0 Å². The van der Waals surface area contributed by atoms with Crippen LogP contribution in [0.2, 0.25) is 0 Å². The van der Waals surface area contributed by atoms with Gasteiger partial charge in [0.05, 0.1) is 24.7 Å². The molecule has 1 aromatic rings. The zero-order valence-corrected chi connectivity index (χ0v) is 15.4. The van der Waals surface area contributed by atoms with Crippen LogP contribution in [0.5, 0.6) is 5.75 Å². The van der Waals surface area contributed by atoms with Crippen LogP contribution in [0, 0.1) is 5.92 Å². The first-order valence-corrected chi connectivity index (χ1v) is 8.70. The van der Waals surface area contributed by atoms with Crippen molar-refractivity contribution in [1.29, 1.82) is 0 Å². The second-order valence-electron chi connectivity index (χ2n) is 5.63. The first-order valence-electron chi connectivity index (χ1n) is 8.70. The fourth-order valence-corrected chi connectivity index (χ4v) is 1.92. The SMILES string of the molecule is CCOC(C)Oc1ccc(C(=O)OCCCOC(=O)C(C)CC)cc1. The number of hydrogen-bond donors (Lipinski definition) is 0. The van der Waals surface area contributed by atoms with Crippen LogP contribution in [0.1, 0.15) is 50.9 Å². The molecule has 0 aliphatic carbocycles. The van der Waals surface area contributed by atoms with E-state index in [0.29, 0.717) is 24.3 Å². The fourth-order valence-electron chi connectivity index (χ4n) is 1.92. The van der Waals surface area contributed by atoms with Gasteiger partial charge in [-0.05, 0) is 44.5 Å². The molecule has 0 bridgehead atoms. The highest BCUT2D eigenvalue weighted by Crippen LogP contribution is 2.15. The Hall–Kier alpha value is -2.08. The molecule has 0 fully saturated rings. The van der Waals surface area contributed by atoms with Gasteiger partial charge in [-0.1, -0.05) is 13.8 Å². The van der Waals surface area contributed by atoms with E-state index in [1.807, 2.05) is 20.8 Å². The Morgan fingerprint density at radius 1 is 1.00 bits per heavy atom. The minimum absolute atomic E-state index is 0.103. The monoisotopic (exact) mass is 352 g/mol. The molecule has 1 rings (SSSR count). The molecular formula is C19H28O6. The molecule has 0 aromatic heterocycles. The van der Waals surface area contributed by atoms with Crippen LogP contribution in [-0.2, 0) is 19.0 Å². The maximum absolute atomic E-state index is 11.9. The molecule has 0 saturated carbocycles. The Kier molecular flexibility index (Phi) is 9.62. The fraction of sp³-hybridized carbons (Fsp3) is 0.579. The van der Waals surface area contributed by atoms with E-state index in [-0.39, 0.29) is 31.4 Å². The summed E-state index contributed by atoms with van der Waals surface area (Å²) < 4.78 is 21.1. The molecule has 0 radical (unpaired) electrons. The van der Waals surface area contributed by atoms with Crippen molar-refractivity contribution in [3.8, 4) is 5.75 Å². The molecule has 0 heterocycles. The van der Waals surface area contributed by atoms with Crippen molar-refractivity contribution in [2.75, 3.05) is 19.8 Å². The van der Waals surface area contributed by atoms with Crippen molar-refractivity contribution in [3.63, 3.8) is 0 Å². The third-order valence-electron chi connectivity index (χ3n) is 3.57. The number of carbonyl (C=O) groups is 2. The molecule has 6 nitrogen and oxygen atoms in total. The van der Waals surface area contributed by atoms with Gasteiger partial charge in [0.1, 0.15) is 5.75 Å². The molecule has 6 heteroatoms. The largest absolute Gasteiger partial charge is 0.465 e. The van der Waals surface area contributed by atoms with Gasteiger partial charge in [-0.2, -0.15) is 0 Å². The maximum Gasteiger partial charge on any atom is 0.338 e. The summed E-state index contributed by atoms with van der Waals surface area (Å²) in [4.78, 5) is 23.4. The summed E-state index contributed by atoms with van der Waals surface area (Å²) in [6, 6.07) is 6.67. The van der Waals surface area contributed by atoms with E-state index < -0.39 is 5.97 Å². The first kappa shape index (κ1) is 21.0. The summed E-state index contributed by atoms with van der Waals surface area (Å²) in [7, 11) is 0. The van der Waals surface area contributed by atoms with Gasteiger partial charge in [-0.25, -0.2) is 4.79 Å². The Morgan fingerprint density at radius 3 is 2.24 bits per heavy atom.